The van der Waals surface area contributed by atoms with E-state index >= 15 is 0 Å². The summed E-state index contributed by atoms with van der Waals surface area (Å²) < 4.78 is 7.04. The molecule has 0 aliphatic rings. The monoisotopic (exact) mass is 413 g/mol. The molecule has 31 heavy (non-hydrogen) atoms. The van der Waals surface area contributed by atoms with Crippen LogP contribution in [0.5, 0.6) is 0 Å². The van der Waals surface area contributed by atoms with Crippen LogP contribution in [0.2, 0.25) is 0 Å². The number of carbonyl (C=O) groups excluding carboxylic acids is 2. The van der Waals surface area contributed by atoms with Crippen LogP contribution >= 0.6 is 0 Å². The van der Waals surface area contributed by atoms with E-state index in [4.69, 9.17) is 4.74 Å². The molecule has 4 rings (SSSR count). The number of fused-ring (bicyclic) bond motifs is 2. The first-order chi connectivity index (χ1) is 15.0. The molecule has 156 valence electrons. The number of rotatable bonds is 6. The lowest BCUT2D eigenvalue weighted by Crippen LogP contribution is -2.20. The van der Waals surface area contributed by atoms with Crippen molar-refractivity contribution in [1.29, 1.82) is 0 Å². The summed E-state index contributed by atoms with van der Waals surface area (Å²) in [6.45, 7) is 3.75. The lowest BCUT2D eigenvalue weighted by molar-refractivity contribution is -0.143. The second kappa shape index (κ2) is 8.56. The molecule has 1 heterocycles. The van der Waals surface area contributed by atoms with Crippen molar-refractivity contribution in [3.8, 4) is 0 Å². The topological polar surface area (TPSA) is 65.4 Å². The molecule has 0 aliphatic carbocycles. The van der Waals surface area contributed by atoms with Crippen molar-refractivity contribution in [3.05, 3.63) is 94.1 Å². The Bertz CT molecular complexity index is 1270. The highest BCUT2D eigenvalue weighted by molar-refractivity contribution is 5.98. The van der Waals surface area contributed by atoms with Gasteiger partial charge < -0.3 is 9.30 Å². The predicted molar refractivity (Wildman–Crippen MR) is 122 cm³/mol. The lowest BCUT2D eigenvalue weighted by atomic mass is 10.0. The maximum atomic E-state index is 12.8. The van der Waals surface area contributed by atoms with Gasteiger partial charge in [0.05, 0.1) is 11.0 Å². The Morgan fingerprint density at radius 1 is 0.839 bits per heavy atom. The number of para-hydroxylation sites is 2. The Kier molecular flexibility index (Phi) is 5.67. The largest absolute Gasteiger partial charge is 0.456 e. The van der Waals surface area contributed by atoms with Crippen molar-refractivity contribution < 1.29 is 14.3 Å². The Labute approximate surface area is 179 Å². The standard InChI is InChI=1S/C26H23NO4/c1-17(2)18-11-13-19(14-12-18)24(28)16-31-25(29)15-27-22-9-5-3-7-20(22)26(30)21-8-4-6-10-23(21)27/h3-14,17H,15-16H2,1-2H3. The summed E-state index contributed by atoms with van der Waals surface area (Å²) >= 11 is 0. The van der Waals surface area contributed by atoms with Gasteiger partial charge in [-0.15, -0.1) is 0 Å². The summed E-state index contributed by atoms with van der Waals surface area (Å²) in [6, 6.07) is 21.7. The van der Waals surface area contributed by atoms with Crippen LogP contribution in [0.4, 0.5) is 0 Å². The number of pyridine rings is 1. The molecule has 0 unspecified atom stereocenters. The van der Waals surface area contributed by atoms with Gasteiger partial charge in [0.25, 0.3) is 0 Å². The number of benzene rings is 3. The normalized spacial score (nSPS) is 11.2. The van der Waals surface area contributed by atoms with Crippen molar-refractivity contribution in [2.45, 2.75) is 26.3 Å². The molecule has 4 aromatic rings. The SMILES string of the molecule is CC(C)c1ccc(C(=O)COC(=O)Cn2c3ccccc3c(=O)c3ccccc32)cc1. The number of esters is 1. The molecule has 0 radical (unpaired) electrons. The van der Waals surface area contributed by atoms with E-state index in [1.165, 1.54) is 0 Å². The van der Waals surface area contributed by atoms with E-state index in [0.29, 0.717) is 33.3 Å². The number of nitrogens with zero attached hydrogens (tertiary/aromatic N) is 1. The quantitative estimate of drug-likeness (QED) is 0.261. The molecule has 0 saturated heterocycles. The third-order valence-corrected chi connectivity index (χ3v) is 5.43. The Balaban J connectivity index is 1.55. The van der Waals surface area contributed by atoms with E-state index < -0.39 is 5.97 Å². The highest BCUT2D eigenvalue weighted by Crippen LogP contribution is 2.19. The molecule has 0 saturated carbocycles. The molecule has 0 fully saturated rings. The van der Waals surface area contributed by atoms with Crippen molar-refractivity contribution in [1.82, 2.24) is 4.57 Å². The van der Waals surface area contributed by atoms with E-state index in [9.17, 15) is 14.4 Å². The van der Waals surface area contributed by atoms with Gasteiger partial charge in [-0.25, -0.2) is 0 Å². The second-order valence-electron chi connectivity index (χ2n) is 7.81. The number of Topliss-reactive ketones (excluding diaryl/α,β-unsaturated/α-hetero) is 1. The molecule has 5 heteroatoms. The van der Waals surface area contributed by atoms with Crippen LogP contribution in [0.1, 0.15) is 35.7 Å². The smallest absolute Gasteiger partial charge is 0.326 e. The maximum absolute atomic E-state index is 12.8. The molecular formula is C26H23NO4. The summed E-state index contributed by atoms with van der Waals surface area (Å²) in [5.41, 5.74) is 2.88. The maximum Gasteiger partial charge on any atom is 0.326 e. The molecule has 1 aromatic heterocycles. The molecule has 0 bridgehead atoms. The zero-order valence-corrected chi connectivity index (χ0v) is 17.5. The minimum absolute atomic E-state index is 0.0733. The predicted octanol–water partition coefficient (Wildman–Crippen LogP) is 4.70. The Morgan fingerprint density at radius 3 is 1.94 bits per heavy atom. The molecule has 3 aromatic carbocycles. The minimum atomic E-state index is -0.536. The van der Waals surface area contributed by atoms with Gasteiger partial charge in [-0.2, -0.15) is 0 Å². The highest BCUT2D eigenvalue weighted by Gasteiger charge is 2.15. The Morgan fingerprint density at radius 2 is 1.39 bits per heavy atom. The average molecular weight is 413 g/mol. The van der Waals surface area contributed by atoms with Crippen LogP contribution in [-0.4, -0.2) is 22.9 Å². The molecule has 0 atom stereocenters. The minimum Gasteiger partial charge on any atom is -0.456 e. The molecule has 0 amide bonds. The van der Waals surface area contributed by atoms with E-state index in [1.807, 2.05) is 24.3 Å². The lowest BCUT2D eigenvalue weighted by Gasteiger charge is -2.14. The van der Waals surface area contributed by atoms with Crippen LogP contribution in [0.15, 0.2) is 77.6 Å². The van der Waals surface area contributed by atoms with E-state index in [0.717, 1.165) is 5.56 Å². The number of hydrogen-bond donors (Lipinski definition) is 0. The van der Waals surface area contributed by atoms with Crippen molar-refractivity contribution in [3.63, 3.8) is 0 Å². The average Bonchev–Trinajstić information content (AvgIpc) is 2.80. The molecule has 5 nitrogen and oxygen atoms in total. The Hall–Kier alpha value is -3.73. The molecule has 0 N–H and O–H groups in total. The summed E-state index contributed by atoms with van der Waals surface area (Å²) in [5, 5.41) is 1.07. The van der Waals surface area contributed by atoms with Gasteiger partial charge in [-0.1, -0.05) is 62.4 Å². The number of aromatic nitrogens is 1. The molecule has 0 spiro atoms. The highest BCUT2D eigenvalue weighted by atomic mass is 16.5. The van der Waals surface area contributed by atoms with Gasteiger partial charge in [-0.05, 0) is 35.7 Å². The van der Waals surface area contributed by atoms with Gasteiger partial charge in [0.15, 0.2) is 17.8 Å². The van der Waals surface area contributed by atoms with Gasteiger partial charge in [-0.3, -0.25) is 14.4 Å². The van der Waals surface area contributed by atoms with Gasteiger partial charge >= 0.3 is 5.97 Å². The first kappa shape index (κ1) is 20.5. The summed E-state index contributed by atoms with van der Waals surface area (Å²) in [6.07, 6.45) is 0. The molecule has 0 aliphatic heterocycles. The van der Waals surface area contributed by atoms with Crippen molar-refractivity contribution in [2.24, 2.45) is 0 Å². The van der Waals surface area contributed by atoms with E-state index in [2.05, 4.69) is 13.8 Å². The fourth-order valence-corrected chi connectivity index (χ4v) is 3.71. The van der Waals surface area contributed by atoms with Crippen LogP contribution < -0.4 is 5.43 Å². The van der Waals surface area contributed by atoms with Crippen LogP contribution in [0.25, 0.3) is 21.8 Å². The number of ketones is 1. The third kappa shape index (κ3) is 4.12. The van der Waals surface area contributed by atoms with Gasteiger partial charge in [0, 0.05) is 16.3 Å². The number of ether oxygens (including phenoxy) is 1. The van der Waals surface area contributed by atoms with Gasteiger partial charge in [0.1, 0.15) is 6.54 Å². The number of carbonyl (C=O) groups is 2. The van der Waals surface area contributed by atoms with Crippen LogP contribution in [0, 0.1) is 0 Å². The second-order valence-corrected chi connectivity index (χ2v) is 7.81. The van der Waals surface area contributed by atoms with Crippen LogP contribution in [0.3, 0.4) is 0 Å². The van der Waals surface area contributed by atoms with E-state index in [-0.39, 0.29) is 24.4 Å². The summed E-state index contributed by atoms with van der Waals surface area (Å²) in [4.78, 5) is 37.8. The fourth-order valence-electron chi connectivity index (χ4n) is 3.71. The van der Waals surface area contributed by atoms with Crippen molar-refractivity contribution in [2.75, 3.05) is 6.61 Å². The first-order valence-corrected chi connectivity index (χ1v) is 10.2. The number of hydrogen-bond acceptors (Lipinski definition) is 4. The van der Waals surface area contributed by atoms with Crippen LogP contribution in [-0.2, 0) is 16.1 Å². The third-order valence-electron chi connectivity index (χ3n) is 5.43. The van der Waals surface area contributed by atoms with Gasteiger partial charge in [0.2, 0.25) is 0 Å². The molecular weight excluding hydrogens is 390 g/mol. The van der Waals surface area contributed by atoms with Crippen molar-refractivity contribution >= 4 is 33.6 Å². The zero-order valence-electron chi connectivity index (χ0n) is 17.5. The van der Waals surface area contributed by atoms with E-state index in [1.54, 1.807) is 53.1 Å². The first-order valence-electron chi connectivity index (χ1n) is 10.2. The summed E-state index contributed by atoms with van der Waals surface area (Å²) in [7, 11) is 0. The summed E-state index contributed by atoms with van der Waals surface area (Å²) in [5.74, 6) is -0.409. The fraction of sp³-hybridized carbons (Fsp3) is 0.192. The zero-order chi connectivity index (χ0) is 22.0.